The number of guanidine groups is 1. The summed E-state index contributed by atoms with van der Waals surface area (Å²) in [5, 5.41) is 7.74. The lowest BCUT2D eigenvalue weighted by atomic mass is 10.0. The number of aromatic nitrogens is 1. The summed E-state index contributed by atoms with van der Waals surface area (Å²) in [6, 6.07) is 0. The number of rotatable bonds is 5. The summed E-state index contributed by atoms with van der Waals surface area (Å²) in [4.78, 5) is 10.4. The molecule has 1 saturated heterocycles. The number of fused-ring (bicyclic) bond motifs is 1. The first-order valence-corrected chi connectivity index (χ1v) is 11.3. The number of hydrogen-bond acceptors (Lipinski definition) is 5. The number of aryl methyl sites for hydroxylation is 2. The van der Waals surface area contributed by atoms with Gasteiger partial charge in [-0.15, -0.1) is 35.3 Å². The Hall–Kier alpha value is -0.420. The van der Waals surface area contributed by atoms with E-state index < -0.39 is 9.84 Å². The van der Waals surface area contributed by atoms with Crippen LogP contribution in [0.5, 0.6) is 0 Å². The molecule has 1 aliphatic carbocycles. The largest absolute Gasteiger partial charge is 0.356 e. The summed E-state index contributed by atoms with van der Waals surface area (Å²) in [5.41, 5.74) is 1.31. The molecule has 0 saturated carbocycles. The summed E-state index contributed by atoms with van der Waals surface area (Å²) in [5.74, 6) is 1.54. The van der Waals surface area contributed by atoms with Crippen molar-refractivity contribution in [1.82, 2.24) is 15.6 Å². The molecule has 3 rings (SSSR count). The van der Waals surface area contributed by atoms with E-state index in [1.54, 1.807) is 7.05 Å². The second-order valence-corrected chi connectivity index (χ2v) is 9.98. The Morgan fingerprint density at radius 3 is 2.80 bits per heavy atom. The van der Waals surface area contributed by atoms with E-state index in [0.717, 1.165) is 31.8 Å². The SMILES string of the molecule is CN=C(NCCc1nc2c(s1)CCCC2)NCC1CCS(=O)(=O)C1.I. The van der Waals surface area contributed by atoms with Crippen LogP contribution in [0.25, 0.3) is 0 Å². The van der Waals surface area contributed by atoms with Crippen molar-refractivity contribution >= 4 is 51.1 Å². The normalized spacial score (nSPS) is 22.1. The number of hydrogen-bond donors (Lipinski definition) is 2. The molecule has 6 nitrogen and oxygen atoms in total. The van der Waals surface area contributed by atoms with E-state index in [4.69, 9.17) is 4.98 Å². The third-order valence-electron chi connectivity index (χ3n) is 4.63. The van der Waals surface area contributed by atoms with Crippen molar-refractivity contribution in [1.29, 1.82) is 0 Å². The molecular weight excluding hydrogens is 471 g/mol. The average molecular weight is 498 g/mol. The molecule has 0 amide bonds. The van der Waals surface area contributed by atoms with Crippen LogP contribution in [-0.4, -0.2) is 51.0 Å². The molecule has 1 aromatic heterocycles. The first-order valence-electron chi connectivity index (χ1n) is 8.68. The Bertz CT molecular complexity index is 679. The van der Waals surface area contributed by atoms with Gasteiger partial charge in [-0.2, -0.15) is 0 Å². The van der Waals surface area contributed by atoms with Gasteiger partial charge in [0, 0.05) is 31.4 Å². The van der Waals surface area contributed by atoms with Gasteiger partial charge < -0.3 is 10.6 Å². The van der Waals surface area contributed by atoms with Crippen molar-refractivity contribution in [3.8, 4) is 0 Å². The minimum absolute atomic E-state index is 0. The molecular formula is C16H27IN4O2S2. The summed E-state index contributed by atoms with van der Waals surface area (Å²) >= 11 is 1.85. The van der Waals surface area contributed by atoms with Crippen LogP contribution in [-0.2, 0) is 29.1 Å². The quantitative estimate of drug-likeness (QED) is 0.368. The minimum Gasteiger partial charge on any atom is -0.356 e. The van der Waals surface area contributed by atoms with Crippen molar-refractivity contribution in [2.24, 2.45) is 10.9 Å². The molecule has 0 radical (unpaired) electrons. The molecule has 0 spiro atoms. The van der Waals surface area contributed by atoms with E-state index in [1.165, 1.54) is 34.8 Å². The predicted octanol–water partition coefficient (Wildman–Crippen LogP) is 1.78. The van der Waals surface area contributed by atoms with Crippen LogP contribution in [0.15, 0.2) is 4.99 Å². The average Bonchev–Trinajstić information content (AvgIpc) is 3.12. The van der Waals surface area contributed by atoms with E-state index in [2.05, 4.69) is 15.6 Å². The molecule has 1 aromatic rings. The molecule has 2 aliphatic rings. The monoisotopic (exact) mass is 498 g/mol. The maximum Gasteiger partial charge on any atom is 0.190 e. The molecule has 0 bridgehead atoms. The summed E-state index contributed by atoms with van der Waals surface area (Å²) in [7, 11) is -1.07. The van der Waals surface area contributed by atoms with Crippen LogP contribution in [0.3, 0.4) is 0 Å². The number of sulfone groups is 1. The molecule has 1 atom stereocenters. The van der Waals surface area contributed by atoms with Crippen LogP contribution >= 0.6 is 35.3 Å². The van der Waals surface area contributed by atoms with Gasteiger partial charge in [-0.1, -0.05) is 0 Å². The fourth-order valence-electron chi connectivity index (χ4n) is 3.29. The fourth-order valence-corrected chi connectivity index (χ4v) is 6.31. The van der Waals surface area contributed by atoms with Crippen LogP contribution in [0.1, 0.15) is 34.8 Å². The molecule has 1 fully saturated rings. The third kappa shape index (κ3) is 6.06. The maximum atomic E-state index is 11.5. The topological polar surface area (TPSA) is 83.4 Å². The zero-order chi connectivity index (χ0) is 17.0. The Kier molecular flexibility index (Phi) is 7.93. The number of nitrogens with zero attached hydrogens (tertiary/aromatic N) is 2. The third-order valence-corrected chi connectivity index (χ3v) is 7.68. The van der Waals surface area contributed by atoms with Gasteiger partial charge in [0.2, 0.25) is 0 Å². The molecule has 1 unspecified atom stereocenters. The minimum atomic E-state index is -2.81. The summed E-state index contributed by atoms with van der Waals surface area (Å²) < 4.78 is 23.0. The molecule has 9 heteroatoms. The number of aliphatic imine (C=N–C) groups is 1. The number of halogens is 1. The molecule has 2 N–H and O–H groups in total. The first kappa shape index (κ1) is 20.9. The van der Waals surface area contributed by atoms with Crippen molar-refractivity contribution in [2.75, 3.05) is 31.6 Å². The van der Waals surface area contributed by atoms with Crippen molar-refractivity contribution in [3.63, 3.8) is 0 Å². The molecule has 25 heavy (non-hydrogen) atoms. The van der Waals surface area contributed by atoms with E-state index in [-0.39, 0.29) is 29.9 Å². The van der Waals surface area contributed by atoms with E-state index in [1.807, 2.05) is 11.3 Å². The van der Waals surface area contributed by atoms with Crippen LogP contribution < -0.4 is 10.6 Å². The van der Waals surface area contributed by atoms with Crippen LogP contribution in [0.4, 0.5) is 0 Å². The smallest absolute Gasteiger partial charge is 0.190 e. The van der Waals surface area contributed by atoms with Gasteiger partial charge >= 0.3 is 0 Å². The maximum absolute atomic E-state index is 11.5. The number of nitrogens with one attached hydrogen (secondary N) is 2. The summed E-state index contributed by atoms with van der Waals surface area (Å²) in [6.45, 7) is 1.44. The second kappa shape index (κ2) is 9.50. The Morgan fingerprint density at radius 2 is 2.12 bits per heavy atom. The van der Waals surface area contributed by atoms with Crippen molar-refractivity contribution in [3.05, 3.63) is 15.6 Å². The Morgan fingerprint density at radius 1 is 1.32 bits per heavy atom. The standard InChI is InChI=1S/C16H26N4O2S2.HI/c1-17-16(19-10-12-7-9-24(21,22)11-12)18-8-6-15-20-13-4-2-3-5-14(13)23-15;/h12H,2-11H2,1H3,(H2,17,18,19);1H. The zero-order valence-corrected chi connectivity index (χ0v) is 18.5. The summed E-state index contributed by atoms with van der Waals surface area (Å²) in [6.07, 6.45) is 6.52. The van der Waals surface area contributed by atoms with Gasteiger partial charge in [0.15, 0.2) is 15.8 Å². The Balaban J connectivity index is 0.00000225. The highest BCUT2D eigenvalue weighted by molar-refractivity contribution is 14.0. The van der Waals surface area contributed by atoms with Crippen LogP contribution in [0, 0.1) is 5.92 Å². The van der Waals surface area contributed by atoms with E-state index >= 15 is 0 Å². The zero-order valence-electron chi connectivity index (χ0n) is 14.6. The van der Waals surface area contributed by atoms with Gasteiger partial charge in [-0.25, -0.2) is 13.4 Å². The van der Waals surface area contributed by atoms with Gasteiger partial charge in [0.1, 0.15) is 0 Å². The predicted molar refractivity (Wildman–Crippen MR) is 114 cm³/mol. The van der Waals surface area contributed by atoms with Gasteiger partial charge in [-0.3, -0.25) is 4.99 Å². The van der Waals surface area contributed by atoms with E-state index in [9.17, 15) is 8.42 Å². The van der Waals surface area contributed by atoms with Gasteiger partial charge in [0.05, 0.1) is 22.2 Å². The van der Waals surface area contributed by atoms with E-state index in [0.29, 0.717) is 18.1 Å². The highest BCUT2D eigenvalue weighted by atomic mass is 127. The fraction of sp³-hybridized carbons (Fsp3) is 0.750. The molecule has 0 aromatic carbocycles. The van der Waals surface area contributed by atoms with Gasteiger partial charge in [0.25, 0.3) is 0 Å². The lowest BCUT2D eigenvalue weighted by Crippen LogP contribution is -2.40. The van der Waals surface area contributed by atoms with Crippen molar-refractivity contribution < 1.29 is 8.42 Å². The van der Waals surface area contributed by atoms with Crippen molar-refractivity contribution in [2.45, 2.75) is 38.5 Å². The first-order chi connectivity index (χ1) is 11.6. The second-order valence-electron chi connectivity index (χ2n) is 6.58. The molecule has 142 valence electrons. The van der Waals surface area contributed by atoms with Crippen LogP contribution in [0.2, 0.25) is 0 Å². The number of thiazole rings is 1. The Labute approximate surface area is 171 Å². The molecule has 1 aliphatic heterocycles. The van der Waals surface area contributed by atoms with Gasteiger partial charge in [-0.05, 0) is 38.0 Å². The lowest BCUT2D eigenvalue weighted by molar-refractivity contribution is 0.567. The molecule has 2 heterocycles. The highest BCUT2D eigenvalue weighted by Gasteiger charge is 2.27. The highest BCUT2D eigenvalue weighted by Crippen LogP contribution is 2.26. The lowest BCUT2D eigenvalue weighted by Gasteiger charge is -2.14.